The van der Waals surface area contributed by atoms with Gasteiger partial charge < -0.3 is 0 Å². The topological polar surface area (TPSA) is 80.3 Å². The molecule has 0 heterocycles. The van der Waals surface area contributed by atoms with E-state index in [1.165, 1.54) is 0 Å². The van der Waals surface area contributed by atoms with Gasteiger partial charge in [0.2, 0.25) is 10.0 Å². The minimum Gasteiger partial charge on any atom is -0.228 e. The second-order valence-electron chi connectivity index (χ2n) is 4.10. The van der Waals surface area contributed by atoms with Crippen molar-refractivity contribution in [3.8, 4) is 0 Å². The smallest absolute Gasteiger partial charge is 0.226 e. The highest BCUT2D eigenvalue weighted by atomic mass is 79.9. The Hall–Kier alpha value is 0.340. The van der Waals surface area contributed by atoms with Crippen molar-refractivity contribution in [3.05, 3.63) is 0 Å². The molecule has 0 aliphatic rings. The third-order valence-electron chi connectivity index (χ3n) is 1.93. The highest BCUT2D eigenvalue weighted by molar-refractivity contribution is 9.09. The molecule has 0 aliphatic carbocycles. The van der Waals surface area contributed by atoms with Gasteiger partial charge in [-0.25, -0.2) is 21.6 Å². The number of halogens is 1. The molecule has 0 aromatic heterocycles. The van der Waals surface area contributed by atoms with Crippen LogP contribution in [0.15, 0.2) is 0 Å². The molecule has 0 spiro atoms. The zero-order valence-corrected chi connectivity index (χ0v) is 12.8. The van der Waals surface area contributed by atoms with E-state index in [0.717, 1.165) is 6.26 Å². The van der Waals surface area contributed by atoms with E-state index < -0.39 is 24.9 Å². The quantitative estimate of drug-likeness (QED) is 0.695. The minimum absolute atomic E-state index is 0.117. The summed E-state index contributed by atoms with van der Waals surface area (Å²) in [5, 5.41) is -0.192. The van der Waals surface area contributed by atoms with E-state index >= 15 is 0 Å². The van der Waals surface area contributed by atoms with Gasteiger partial charge in [-0.2, -0.15) is 0 Å². The molecule has 0 aromatic rings. The molecule has 1 unspecified atom stereocenters. The van der Waals surface area contributed by atoms with Gasteiger partial charge in [0, 0.05) is 17.6 Å². The first kappa shape index (κ1) is 16.3. The fraction of sp³-hybridized carbons (Fsp3) is 1.00. The van der Waals surface area contributed by atoms with Gasteiger partial charge in [-0.3, -0.25) is 0 Å². The van der Waals surface area contributed by atoms with Gasteiger partial charge in [-0.05, 0) is 12.3 Å². The Kier molecular flexibility index (Phi) is 6.45. The molecule has 98 valence electrons. The lowest BCUT2D eigenvalue weighted by Gasteiger charge is -2.21. The van der Waals surface area contributed by atoms with Crippen LogP contribution in [-0.4, -0.2) is 39.5 Å². The molecule has 1 atom stereocenters. The molecule has 0 amide bonds. The first-order chi connectivity index (χ1) is 7.07. The normalized spacial score (nSPS) is 15.3. The van der Waals surface area contributed by atoms with E-state index in [2.05, 4.69) is 20.7 Å². The van der Waals surface area contributed by atoms with Crippen molar-refractivity contribution in [2.45, 2.75) is 26.3 Å². The second kappa shape index (κ2) is 6.32. The second-order valence-corrected chi connectivity index (χ2v) is 9.16. The Morgan fingerprint density at radius 3 is 2.00 bits per heavy atom. The number of hydrogen-bond donors (Lipinski definition) is 1. The molecular weight excluding hydrogens is 318 g/mol. The van der Waals surface area contributed by atoms with Gasteiger partial charge in [0.25, 0.3) is 0 Å². The maximum atomic E-state index is 11.5. The van der Waals surface area contributed by atoms with Crippen molar-refractivity contribution in [2.24, 2.45) is 5.92 Å². The molecule has 16 heavy (non-hydrogen) atoms. The lowest BCUT2D eigenvalue weighted by atomic mass is 10.0. The molecule has 0 aliphatic heterocycles. The van der Waals surface area contributed by atoms with Crippen LogP contribution in [0.1, 0.15) is 20.3 Å². The predicted octanol–water partition coefficient (Wildman–Crippen LogP) is 0.718. The van der Waals surface area contributed by atoms with Gasteiger partial charge in [0.15, 0.2) is 14.9 Å². The molecule has 0 radical (unpaired) electrons. The molecular formula is C8H18BrNO4S2. The fourth-order valence-electron chi connectivity index (χ4n) is 1.19. The summed E-state index contributed by atoms with van der Waals surface area (Å²) in [6.45, 7) is 3.77. The van der Waals surface area contributed by atoms with Gasteiger partial charge in [-0.1, -0.05) is 29.8 Å². The van der Waals surface area contributed by atoms with Crippen molar-refractivity contribution in [3.63, 3.8) is 0 Å². The number of alkyl halides is 1. The average molecular weight is 336 g/mol. The monoisotopic (exact) mass is 335 g/mol. The van der Waals surface area contributed by atoms with Crippen LogP contribution in [0.5, 0.6) is 0 Å². The zero-order chi connectivity index (χ0) is 13.0. The van der Waals surface area contributed by atoms with Gasteiger partial charge >= 0.3 is 0 Å². The third-order valence-corrected chi connectivity index (χ3v) is 6.00. The molecule has 0 aromatic carbocycles. The Morgan fingerprint density at radius 1 is 1.19 bits per heavy atom. The highest BCUT2D eigenvalue weighted by Gasteiger charge is 2.23. The van der Waals surface area contributed by atoms with E-state index in [1.807, 2.05) is 13.8 Å². The van der Waals surface area contributed by atoms with E-state index in [-0.39, 0.29) is 12.0 Å². The maximum Gasteiger partial charge on any atom is 0.226 e. The van der Waals surface area contributed by atoms with Crippen LogP contribution in [0.2, 0.25) is 0 Å². The number of hydrogen-bond acceptors (Lipinski definition) is 4. The first-order valence-corrected chi connectivity index (χ1v) is 9.64. The summed E-state index contributed by atoms with van der Waals surface area (Å²) in [6, 6.07) is -0.244. The third kappa shape index (κ3) is 7.59. The number of sulfone groups is 1. The van der Waals surface area contributed by atoms with Gasteiger partial charge in [-0.15, -0.1) is 0 Å². The molecule has 0 rings (SSSR count). The molecule has 0 fully saturated rings. The number of nitrogens with one attached hydrogen (secondary N) is 1. The number of sulfonamides is 1. The largest absolute Gasteiger partial charge is 0.228 e. The summed E-state index contributed by atoms with van der Waals surface area (Å²) in [4.78, 5) is 0. The van der Waals surface area contributed by atoms with Crippen molar-refractivity contribution in [1.29, 1.82) is 0 Å². The average Bonchev–Trinajstić information content (AvgIpc) is 1.97. The molecule has 8 heteroatoms. The van der Waals surface area contributed by atoms with Crippen molar-refractivity contribution in [2.75, 3.05) is 16.7 Å². The predicted molar refractivity (Wildman–Crippen MR) is 68.8 cm³/mol. The fourth-order valence-corrected chi connectivity index (χ4v) is 5.06. The van der Waals surface area contributed by atoms with Crippen LogP contribution in [-0.2, 0) is 19.9 Å². The van der Waals surface area contributed by atoms with Crippen molar-refractivity contribution < 1.29 is 16.8 Å². The standard InChI is InChI=1S/C8H18BrNO4S2/c1-7(2)8(4-5-9)10-16(13,14)6-15(3,11)12/h7-8,10H,4-6H2,1-3H3. The summed E-state index contributed by atoms with van der Waals surface area (Å²) >= 11 is 3.23. The van der Waals surface area contributed by atoms with Crippen LogP contribution < -0.4 is 4.72 Å². The van der Waals surface area contributed by atoms with E-state index in [9.17, 15) is 16.8 Å². The van der Waals surface area contributed by atoms with E-state index in [4.69, 9.17) is 0 Å². The first-order valence-electron chi connectivity index (χ1n) is 4.81. The van der Waals surface area contributed by atoms with Crippen LogP contribution in [0, 0.1) is 5.92 Å². The summed E-state index contributed by atoms with van der Waals surface area (Å²) in [5.41, 5.74) is 0. The Morgan fingerprint density at radius 2 is 1.69 bits per heavy atom. The lowest BCUT2D eigenvalue weighted by Crippen LogP contribution is -2.41. The summed E-state index contributed by atoms with van der Waals surface area (Å²) in [5.74, 6) is 0.117. The van der Waals surface area contributed by atoms with E-state index in [1.54, 1.807) is 0 Å². The molecule has 1 N–H and O–H groups in total. The molecule has 0 bridgehead atoms. The van der Waals surface area contributed by atoms with Crippen LogP contribution in [0.3, 0.4) is 0 Å². The van der Waals surface area contributed by atoms with Crippen LogP contribution in [0.4, 0.5) is 0 Å². The summed E-state index contributed by atoms with van der Waals surface area (Å²) in [6.07, 6.45) is 1.53. The lowest BCUT2D eigenvalue weighted by molar-refractivity contribution is 0.441. The van der Waals surface area contributed by atoms with Crippen molar-refractivity contribution in [1.82, 2.24) is 4.72 Å². The molecule has 0 saturated carbocycles. The highest BCUT2D eigenvalue weighted by Crippen LogP contribution is 2.09. The summed E-state index contributed by atoms with van der Waals surface area (Å²) in [7, 11) is -7.29. The van der Waals surface area contributed by atoms with E-state index in [0.29, 0.717) is 11.8 Å². The number of rotatable bonds is 7. The molecule has 5 nitrogen and oxygen atoms in total. The molecule has 0 saturated heterocycles. The maximum absolute atomic E-state index is 11.5. The van der Waals surface area contributed by atoms with Gasteiger partial charge in [0.05, 0.1) is 0 Å². The SMILES string of the molecule is CC(C)C(CCBr)NS(=O)(=O)CS(C)(=O)=O. The van der Waals surface area contributed by atoms with Gasteiger partial charge in [0.1, 0.15) is 0 Å². The Balaban J connectivity index is 4.67. The Labute approximate surface area is 106 Å². The summed E-state index contributed by atoms with van der Waals surface area (Å²) < 4.78 is 47.3. The van der Waals surface area contributed by atoms with Crippen molar-refractivity contribution >= 4 is 35.8 Å². The zero-order valence-electron chi connectivity index (χ0n) is 9.60. The minimum atomic E-state index is -3.76. The Bertz CT molecular complexity index is 402. The van der Waals surface area contributed by atoms with Crippen LogP contribution in [0.25, 0.3) is 0 Å². The van der Waals surface area contributed by atoms with Crippen LogP contribution >= 0.6 is 15.9 Å².